The Balaban J connectivity index is 2.75. The van der Waals surface area contributed by atoms with Crippen LogP contribution in [0, 0.1) is 0 Å². The number of carbonyl (C=O) groups is 1. The quantitative estimate of drug-likeness (QED) is 0.746. The Labute approximate surface area is 120 Å². The van der Waals surface area contributed by atoms with Gasteiger partial charge in [0.15, 0.2) is 5.78 Å². The molecule has 106 valence electrons. The largest absolute Gasteiger partial charge is 0.395 e. The van der Waals surface area contributed by atoms with Gasteiger partial charge in [0.25, 0.3) is 0 Å². The highest BCUT2D eigenvalue weighted by Crippen LogP contribution is 2.14. The Kier molecular flexibility index (Phi) is 7.06. The van der Waals surface area contributed by atoms with E-state index in [0.29, 0.717) is 29.7 Å². The van der Waals surface area contributed by atoms with Crippen LogP contribution >= 0.6 is 11.6 Å². The van der Waals surface area contributed by atoms with E-state index in [-0.39, 0.29) is 12.4 Å². The van der Waals surface area contributed by atoms with E-state index in [2.05, 4.69) is 13.8 Å². The first kappa shape index (κ1) is 16.2. The number of benzene rings is 1. The van der Waals surface area contributed by atoms with Gasteiger partial charge in [-0.3, -0.25) is 9.69 Å². The number of halogens is 1. The number of nitrogens with zero attached hydrogens (tertiary/aromatic N) is 1. The Morgan fingerprint density at radius 3 is 2.58 bits per heavy atom. The predicted octanol–water partition coefficient (Wildman–Crippen LogP) is 3.01. The summed E-state index contributed by atoms with van der Waals surface area (Å²) in [6.07, 6.45) is 1.94. The summed E-state index contributed by atoms with van der Waals surface area (Å²) >= 11 is 5.90. The molecule has 0 aliphatic rings. The Hall–Kier alpha value is -0.900. The molecule has 0 saturated heterocycles. The van der Waals surface area contributed by atoms with E-state index >= 15 is 0 Å². The zero-order valence-corrected chi connectivity index (χ0v) is 12.4. The van der Waals surface area contributed by atoms with Crippen LogP contribution in [0.25, 0.3) is 0 Å². The van der Waals surface area contributed by atoms with Crippen molar-refractivity contribution in [1.82, 2.24) is 4.90 Å². The van der Waals surface area contributed by atoms with Crippen molar-refractivity contribution in [1.29, 1.82) is 0 Å². The number of Topliss-reactive ketones (excluding diaryl/α,β-unsaturated/α-hetero) is 1. The molecule has 0 unspecified atom stereocenters. The van der Waals surface area contributed by atoms with Gasteiger partial charge in [0.1, 0.15) is 0 Å². The van der Waals surface area contributed by atoms with Gasteiger partial charge in [-0.1, -0.05) is 37.6 Å². The van der Waals surface area contributed by atoms with Crippen LogP contribution in [0.1, 0.15) is 37.0 Å². The minimum absolute atomic E-state index is 0.0443. The van der Waals surface area contributed by atoms with Crippen LogP contribution in [-0.2, 0) is 0 Å². The van der Waals surface area contributed by atoms with E-state index in [1.807, 2.05) is 4.90 Å². The number of aliphatic hydroxyl groups excluding tert-OH is 1. The second-order valence-corrected chi connectivity index (χ2v) is 5.03. The summed E-state index contributed by atoms with van der Waals surface area (Å²) < 4.78 is 0. The molecule has 0 saturated carbocycles. The number of aliphatic hydroxyl groups is 1. The molecule has 19 heavy (non-hydrogen) atoms. The van der Waals surface area contributed by atoms with E-state index in [4.69, 9.17) is 16.7 Å². The molecule has 0 atom stereocenters. The smallest absolute Gasteiger partial charge is 0.176 e. The van der Waals surface area contributed by atoms with E-state index in [1.165, 1.54) is 0 Å². The summed E-state index contributed by atoms with van der Waals surface area (Å²) in [7, 11) is 0. The van der Waals surface area contributed by atoms with Crippen LogP contribution in [0.4, 0.5) is 0 Å². The fraction of sp³-hybridized carbons (Fsp3) is 0.533. The molecule has 0 aliphatic heterocycles. The maximum absolute atomic E-state index is 12.2. The minimum atomic E-state index is 0.0443. The molecule has 0 bridgehead atoms. The van der Waals surface area contributed by atoms with Crippen LogP contribution in [0.2, 0.25) is 5.02 Å². The van der Waals surface area contributed by atoms with Crippen molar-refractivity contribution in [3.8, 4) is 0 Å². The molecule has 0 aliphatic carbocycles. The maximum atomic E-state index is 12.2. The fourth-order valence-corrected chi connectivity index (χ4v) is 2.45. The van der Waals surface area contributed by atoms with Crippen LogP contribution in [0.5, 0.6) is 0 Å². The molecule has 0 fully saturated rings. The van der Waals surface area contributed by atoms with Gasteiger partial charge in [0, 0.05) is 23.2 Å². The van der Waals surface area contributed by atoms with Crippen molar-refractivity contribution in [2.45, 2.75) is 32.7 Å². The maximum Gasteiger partial charge on any atom is 0.176 e. The van der Waals surface area contributed by atoms with Gasteiger partial charge >= 0.3 is 0 Å². The van der Waals surface area contributed by atoms with Crippen molar-refractivity contribution in [2.75, 3.05) is 19.7 Å². The van der Waals surface area contributed by atoms with Crippen molar-refractivity contribution in [3.05, 3.63) is 34.9 Å². The van der Waals surface area contributed by atoms with Crippen molar-refractivity contribution < 1.29 is 9.90 Å². The Morgan fingerprint density at radius 1 is 1.37 bits per heavy atom. The van der Waals surface area contributed by atoms with Crippen molar-refractivity contribution in [2.24, 2.45) is 0 Å². The van der Waals surface area contributed by atoms with Crippen molar-refractivity contribution in [3.63, 3.8) is 0 Å². The molecular formula is C15H22ClNO2. The number of hydrogen-bond acceptors (Lipinski definition) is 3. The first-order chi connectivity index (χ1) is 9.12. The summed E-state index contributed by atoms with van der Waals surface area (Å²) in [6.45, 7) is 5.12. The van der Waals surface area contributed by atoms with Gasteiger partial charge in [-0.2, -0.15) is 0 Å². The number of hydrogen-bond donors (Lipinski definition) is 1. The lowest BCUT2D eigenvalue weighted by molar-refractivity contribution is 0.0850. The van der Waals surface area contributed by atoms with Gasteiger partial charge in [0.05, 0.1) is 13.2 Å². The highest BCUT2D eigenvalue weighted by molar-refractivity contribution is 6.31. The zero-order valence-electron chi connectivity index (χ0n) is 11.6. The summed E-state index contributed by atoms with van der Waals surface area (Å²) in [5, 5.41) is 9.70. The number of carbonyl (C=O) groups excluding carboxylic acids is 1. The zero-order chi connectivity index (χ0) is 14.3. The molecule has 0 radical (unpaired) electrons. The lowest BCUT2D eigenvalue weighted by Crippen LogP contribution is -2.40. The molecule has 0 heterocycles. The SMILES string of the molecule is CCC(CC)N(CCO)CC(=O)c1cccc(Cl)c1. The summed E-state index contributed by atoms with van der Waals surface area (Å²) in [6, 6.07) is 7.33. The van der Waals surface area contributed by atoms with E-state index < -0.39 is 0 Å². The average molecular weight is 284 g/mol. The van der Waals surface area contributed by atoms with Crippen LogP contribution in [0.3, 0.4) is 0 Å². The monoisotopic (exact) mass is 283 g/mol. The number of ketones is 1. The van der Waals surface area contributed by atoms with Crippen molar-refractivity contribution >= 4 is 17.4 Å². The normalized spacial score (nSPS) is 11.3. The molecule has 1 rings (SSSR count). The van der Waals surface area contributed by atoms with Gasteiger partial charge in [0.2, 0.25) is 0 Å². The molecule has 0 aromatic heterocycles. The fourth-order valence-electron chi connectivity index (χ4n) is 2.26. The van der Waals surface area contributed by atoms with Gasteiger partial charge in [-0.25, -0.2) is 0 Å². The topological polar surface area (TPSA) is 40.5 Å². The van der Waals surface area contributed by atoms with E-state index in [1.54, 1.807) is 24.3 Å². The van der Waals surface area contributed by atoms with Gasteiger partial charge in [-0.15, -0.1) is 0 Å². The van der Waals surface area contributed by atoms with E-state index in [0.717, 1.165) is 12.8 Å². The summed E-state index contributed by atoms with van der Waals surface area (Å²) in [5.41, 5.74) is 0.626. The average Bonchev–Trinajstić information content (AvgIpc) is 2.40. The third-order valence-electron chi connectivity index (χ3n) is 3.34. The second-order valence-electron chi connectivity index (χ2n) is 4.60. The second kappa shape index (κ2) is 8.31. The van der Waals surface area contributed by atoms with Crippen LogP contribution in [0.15, 0.2) is 24.3 Å². The van der Waals surface area contributed by atoms with E-state index in [9.17, 15) is 4.79 Å². The summed E-state index contributed by atoms with van der Waals surface area (Å²) in [5.74, 6) is 0.0443. The molecule has 1 aromatic rings. The highest BCUT2D eigenvalue weighted by Gasteiger charge is 2.18. The standard InChI is InChI=1S/C15H22ClNO2/c1-3-14(4-2)17(8-9-18)11-15(19)12-6-5-7-13(16)10-12/h5-7,10,14,18H,3-4,8-9,11H2,1-2H3. The molecule has 4 heteroatoms. The molecule has 0 amide bonds. The summed E-state index contributed by atoms with van der Waals surface area (Å²) in [4.78, 5) is 14.3. The van der Waals surface area contributed by atoms with Crippen LogP contribution < -0.4 is 0 Å². The Morgan fingerprint density at radius 2 is 2.05 bits per heavy atom. The molecule has 1 aromatic carbocycles. The lowest BCUT2D eigenvalue weighted by atomic mass is 10.1. The molecule has 1 N–H and O–H groups in total. The predicted molar refractivity (Wildman–Crippen MR) is 78.8 cm³/mol. The minimum Gasteiger partial charge on any atom is -0.395 e. The third kappa shape index (κ3) is 4.94. The third-order valence-corrected chi connectivity index (χ3v) is 3.57. The number of rotatable bonds is 8. The molecule has 3 nitrogen and oxygen atoms in total. The molecule has 0 spiro atoms. The van der Waals surface area contributed by atoms with Gasteiger partial charge in [-0.05, 0) is 25.0 Å². The lowest BCUT2D eigenvalue weighted by Gasteiger charge is -2.29. The first-order valence-corrected chi connectivity index (χ1v) is 7.13. The highest BCUT2D eigenvalue weighted by atomic mass is 35.5. The van der Waals surface area contributed by atoms with Crippen LogP contribution in [-0.4, -0.2) is 41.5 Å². The van der Waals surface area contributed by atoms with Gasteiger partial charge < -0.3 is 5.11 Å². The molecular weight excluding hydrogens is 262 g/mol. The first-order valence-electron chi connectivity index (χ1n) is 6.76. The Bertz CT molecular complexity index is 405.